The maximum atomic E-state index is 15.2. The number of benzene rings is 2. The third-order valence-corrected chi connectivity index (χ3v) is 6.58. The van der Waals surface area contributed by atoms with Crippen molar-refractivity contribution in [3.8, 4) is 0 Å². The normalized spacial score (nSPS) is 12.6. The average molecular weight is 595 g/mol. The Kier molecular flexibility index (Phi) is 12.3. The van der Waals surface area contributed by atoms with Crippen LogP contribution in [-0.4, -0.2) is 53.2 Å². The van der Waals surface area contributed by atoms with Crippen molar-refractivity contribution in [2.75, 3.05) is 6.54 Å². The van der Waals surface area contributed by atoms with Crippen molar-refractivity contribution in [2.45, 2.75) is 57.7 Å². The number of carbonyl (C=O) groups excluding carboxylic acids is 4. The molecule has 2 aromatic carbocycles. The van der Waals surface area contributed by atoms with Gasteiger partial charge in [-0.25, -0.2) is 4.79 Å². The molecular formula is C32H36F2N4O5. The van der Waals surface area contributed by atoms with E-state index in [0.29, 0.717) is 16.8 Å². The highest BCUT2D eigenvalue weighted by molar-refractivity contribution is 5.96. The minimum Gasteiger partial charge on any atom is -0.443 e. The van der Waals surface area contributed by atoms with Crippen LogP contribution >= 0.6 is 0 Å². The molecule has 3 rings (SSSR count). The highest BCUT2D eigenvalue weighted by Gasteiger charge is 2.43. The number of hydrogen-bond donors (Lipinski definition) is 3. The molecule has 1 heterocycles. The number of ether oxygens (including phenoxy) is 1. The largest absolute Gasteiger partial charge is 0.443 e. The number of pyridine rings is 1. The van der Waals surface area contributed by atoms with E-state index in [1.807, 2.05) is 0 Å². The maximum Gasteiger partial charge on any atom is 0.407 e. The Morgan fingerprint density at radius 2 is 1.49 bits per heavy atom. The lowest BCUT2D eigenvalue weighted by atomic mass is 9.94. The van der Waals surface area contributed by atoms with Crippen LogP contribution < -0.4 is 16.0 Å². The van der Waals surface area contributed by atoms with Crippen molar-refractivity contribution in [1.82, 2.24) is 20.9 Å². The second kappa shape index (κ2) is 16.1. The van der Waals surface area contributed by atoms with Crippen molar-refractivity contribution >= 4 is 23.7 Å². The van der Waals surface area contributed by atoms with E-state index in [-0.39, 0.29) is 19.4 Å². The predicted octanol–water partition coefficient (Wildman–Crippen LogP) is 4.01. The number of carbonyl (C=O) groups is 4. The summed E-state index contributed by atoms with van der Waals surface area (Å²) < 4.78 is 35.4. The SMILES string of the molecule is CC(C)[C@H](NC(=O)CNC(=O)OCc1ccccn1)C(=O)N[C@@H](Cc1ccccc1)C(=O)C(F)(F)CCc1ccccc1. The first-order chi connectivity index (χ1) is 20.5. The lowest BCUT2D eigenvalue weighted by molar-refractivity contribution is -0.148. The second-order valence-corrected chi connectivity index (χ2v) is 10.3. The first-order valence-corrected chi connectivity index (χ1v) is 14.0. The van der Waals surface area contributed by atoms with Gasteiger partial charge in [0.05, 0.1) is 11.7 Å². The molecule has 0 aliphatic heterocycles. The fourth-order valence-electron chi connectivity index (χ4n) is 4.23. The fourth-order valence-corrected chi connectivity index (χ4v) is 4.23. The Balaban J connectivity index is 1.63. The van der Waals surface area contributed by atoms with Gasteiger partial charge >= 0.3 is 12.0 Å². The van der Waals surface area contributed by atoms with Crippen LogP contribution in [0.4, 0.5) is 13.6 Å². The summed E-state index contributed by atoms with van der Waals surface area (Å²) in [4.78, 5) is 55.0. The van der Waals surface area contributed by atoms with Crippen LogP contribution in [-0.2, 0) is 38.6 Å². The van der Waals surface area contributed by atoms with Crippen LogP contribution in [0.3, 0.4) is 0 Å². The van der Waals surface area contributed by atoms with Gasteiger partial charge in [0.1, 0.15) is 19.2 Å². The highest BCUT2D eigenvalue weighted by atomic mass is 19.3. The van der Waals surface area contributed by atoms with Crippen molar-refractivity contribution < 1.29 is 32.7 Å². The molecule has 9 nitrogen and oxygen atoms in total. The van der Waals surface area contributed by atoms with E-state index in [0.717, 1.165) is 0 Å². The smallest absolute Gasteiger partial charge is 0.407 e. The van der Waals surface area contributed by atoms with Crippen LogP contribution in [0.25, 0.3) is 0 Å². The molecule has 0 bridgehead atoms. The third kappa shape index (κ3) is 10.9. The van der Waals surface area contributed by atoms with E-state index in [2.05, 4.69) is 20.9 Å². The van der Waals surface area contributed by atoms with Crippen LogP contribution in [0.5, 0.6) is 0 Å². The summed E-state index contributed by atoms with van der Waals surface area (Å²) in [5.74, 6) is -7.09. The molecule has 3 N–H and O–H groups in total. The standard InChI is InChI=1S/C32H36F2N4O5/c1-22(2)28(38-27(39)20-36-31(42)43-21-25-15-9-10-18-35-25)30(41)37-26(19-24-13-7-4-8-14-24)29(40)32(33,34)17-16-23-11-5-3-6-12-23/h3-15,18,22,26,28H,16-17,19-21H2,1-2H3,(H,36,42)(H,37,41)(H,38,39)/t26-,28-/m0/s1. The zero-order valence-corrected chi connectivity index (χ0v) is 24.1. The molecule has 2 atom stereocenters. The number of alkyl halides is 2. The number of halogens is 2. The van der Waals surface area contributed by atoms with Crippen LogP contribution in [0.1, 0.15) is 37.1 Å². The molecule has 0 unspecified atom stereocenters. The lowest BCUT2D eigenvalue weighted by Crippen LogP contribution is -2.57. The number of aryl methyl sites for hydroxylation is 1. The summed E-state index contributed by atoms with van der Waals surface area (Å²) in [6, 6.07) is 19.6. The Morgan fingerprint density at radius 1 is 0.860 bits per heavy atom. The van der Waals surface area contributed by atoms with E-state index < -0.39 is 60.6 Å². The Labute approximate surface area is 249 Å². The number of amides is 3. The molecular weight excluding hydrogens is 558 g/mol. The van der Waals surface area contributed by atoms with Gasteiger partial charge in [-0.1, -0.05) is 80.6 Å². The van der Waals surface area contributed by atoms with Gasteiger partial charge in [0.25, 0.3) is 0 Å². The average Bonchev–Trinajstić information content (AvgIpc) is 3.01. The molecule has 3 aromatic rings. The van der Waals surface area contributed by atoms with Crippen molar-refractivity contribution in [1.29, 1.82) is 0 Å². The fraction of sp³-hybridized carbons (Fsp3) is 0.344. The van der Waals surface area contributed by atoms with Crippen LogP contribution in [0.15, 0.2) is 85.1 Å². The molecule has 1 aromatic heterocycles. The number of nitrogens with zero attached hydrogens (tertiary/aromatic N) is 1. The number of rotatable bonds is 15. The van der Waals surface area contributed by atoms with Gasteiger partial charge in [0.15, 0.2) is 0 Å². The Morgan fingerprint density at radius 3 is 2.09 bits per heavy atom. The summed E-state index contributed by atoms with van der Waals surface area (Å²) in [7, 11) is 0. The Hall–Kier alpha value is -4.67. The summed E-state index contributed by atoms with van der Waals surface area (Å²) in [5.41, 5.74) is 1.76. The summed E-state index contributed by atoms with van der Waals surface area (Å²) >= 11 is 0. The quantitative estimate of drug-likeness (QED) is 0.244. The molecule has 0 aliphatic rings. The van der Waals surface area contributed by atoms with E-state index in [1.165, 1.54) is 0 Å². The molecule has 0 saturated heterocycles. The van der Waals surface area contributed by atoms with Gasteiger partial charge in [-0.2, -0.15) is 8.78 Å². The number of nitrogens with one attached hydrogen (secondary N) is 3. The molecule has 0 radical (unpaired) electrons. The van der Waals surface area contributed by atoms with E-state index in [9.17, 15) is 19.2 Å². The molecule has 43 heavy (non-hydrogen) atoms. The molecule has 0 spiro atoms. The predicted molar refractivity (Wildman–Crippen MR) is 156 cm³/mol. The maximum absolute atomic E-state index is 15.2. The zero-order valence-electron chi connectivity index (χ0n) is 24.1. The van der Waals surface area contributed by atoms with Gasteiger partial charge in [0, 0.05) is 12.6 Å². The summed E-state index contributed by atoms with van der Waals surface area (Å²) in [5, 5.41) is 7.25. The molecule has 3 amide bonds. The van der Waals surface area contributed by atoms with Crippen molar-refractivity contribution in [2.24, 2.45) is 5.92 Å². The molecule has 0 saturated carbocycles. The van der Waals surface area contributed by atoms with E-state index in [1.54, 1.807) is 98.9 Å². The molecule has 228 valence electrons. The van der Waals surface area contributed by atoms with Gasteiger partial charge in [-0.15, -0.1) is 0 Å². The monoisotopic (exact) mass is 594 g/mol. The van der Waals surface area contributed by atoms with Crippen molar-refractivity contribution in [3.05, 3.63) is 102 Å². The first kappa shape index (κ1) is 32.8. The Bertz CT molecular complexity index is 1340. The molecule has 0 aliphatic carbocycles. The number of Topliss-reactive ketones (excluding diaryl/α,β-unsaturated/α-hetero) is 1. The summed E-state index contributed by atoms with van der Waals surface area (Å²) in [6.45, 7) is 2.71. The number of hydrogen-bond acceptors (Lipinski definition) is 6. The van der Waals surface area contributed by atoms with Gasteiger partial charge in [0.2, 0.25) is 17.6 Å². The van der Waals surface area contributed by atoms with E-state index >= 15 is 8.78 Å². The molecule has 11 heteroatoms. The molecule has 0 fully saturated rings. The number of aromatic nitrogens is 1. The van der Waals surface area contributed by atoms with Crippen LogP contribution in [0.2, 0.25) is 0 Å². The topological polar surface area (TPSA) is 126 Å². The number of alkyl carbamates (subject to hydrolysis) is 1. The number of ketones is 1. The van der Waals surface area contributed by atoms with E-state index in [4.69, 9.17) is 4.74 Å². The van der Waals surface area contributed by atoms with Crippen molar-refractivity contribution in [3.63, 3.8) is 0 Å². The lowest BCUT2D eigenvalue weighted by Gasteiger charge is -2.27. The first-order valence-electron chi connectivity index (χ1n) is 14.0. The zero-order chi connectivity index (χ0) is 31.2. The second-order valence-electron chi connectivity index (χ2n) is 10.3. The van der Waals surface area contributed by atoms with Gasteiger partial charge in [-0.3, -0.25) is 19.4 Å². The van der Waals surface area contributed by atoms with Gasteiger partial charge in [-0.05, 0) is 42.0 Å². The minimum atomic E-state index is -3.71. The minimum absolute atomic E-state index is 0.0203. The van der Waals surface area contributed by atoms with Crippen LogP contribution in [0, 0.1) is 5.92 Å². The highest BCUT2D eigenvalue weighted by Crippen LogP contribution is 2.25. The van der Waals surface area contributed by atoms with Gasteiger partial charge < -0.3 is 20.7 Å². The summed E-state index contributed by atoms with van der Waals surface area (Å²) in [6.07, 6.45) is -0.214. The third-order valence-electron chi connectivity index (χ3n) is 6.58.